The van der Waals surface area contributed by atoms with E-state index in [0.717, 1.165) is 32.1 Å². The molecule has 0 unspecified atom stereocenters. The molecule has 4 saturated carbocycles. The Hall–Kier alpha value is -0.660. The molecule has 0 aromatic carbocycles. The van der Waals surface area contributed by atoms with Gasteiger partial charge in [-0.05, 0) is 67.1 Å². The molecule has 0 saturated heterocycles. The summed E-state index contributed by atoms with van der Waals surface area (Å²) in [6.07, 6.45) is 9.54. The van der Waals surface area contributed by atoms with Gasteiger partial charge in [0.25, 0.3) is 0 Å². The molecule has 0 heterocycles. The third kappa shape index (κ3) is 1.83. The minimum Gasteiger partial charge on any atom is -0.300 e. The first kappa shape index (κ1) is 14.0. The summed E-state index contributed by atoms with van der Waals surface area (Å²) in [6.45, 7) is 4.82. The molecule has 2 heteroatoms. The quantitative estimate of drug-likeness (QED) is 0.670. The van der Waals surface area contributed by atoms with E-state index >= 15 is 0 Å². The molecule has 4 aliphatic rings. The number of fused-ring (bicyclic) bond motifs is 5. The molecule has 0 aromatic heterocycles. The summed E-state index contributed by atoms with van der Waals surface area (Å²) >= 11 is 0. The van der Waals surface area contributed by atoms with Gasteiger partial charge in [0.2, 0.25) is 0 Å². The van der Waals surface area contributed by atoms with Crippen molar-refractivity contribution in [1.29, 1.82) is 0 Å². The van der Waals surface area contributed by atoms with Crippen LogP contribution in [0.5, 0.6) is 0 Å². The summed E-state index contributed by atoms with van der Waals surface area (Å²) in [5.74, 6) is 3.29. The number of Topliss-reactive ketones (excluding diaryl/α,β-unsaturated/α-hetero) is 2. The molecule has 0 aliphatic heterocycles. The lowest BCUT2D eigenvalue weighted by atomic mass is 9.45. The topological polar surface area (TPSA) is 34.1 Å². The van der Waals surface area contributed by atoms with Crippen molar-refractivity contribution in [3.8, 4) is 0 Å². The maximum Gasteiger partial charge on any atom is 0.136 e. The van der Waals surface area contributed by atoms with E-state index in [2.05, 4.69) is 13.8 Å². The number of ketones is 2. The standard InChI is InChI=1S/C19H28O2/c1-18-8-6-15-14(17(18)16(21)7-9-18)4-3-12-11-13(20)5-10-19(12,15)2/h12,14-15,17H,3-11H2,1-2H3/t12-,14+,15-,17+,18+,19-/m0/s1. The molecule has 0 N–H and O–H groups in total. The van der Waals surface area contributed by atoms with Gasteiger partial charge in [0.15, 0.2) is 0 Å². The smallest absolute Gasteiger partial charge is 0.136 e. The molecule has 0 bridgehead atoms. The lowest BCUT2D eigenvalue weighted by Gasteiger charge is -2.59. The normalized spacial score (nSPS) is 53.0. The fourth-order valence-electron chi connectivity index (χ4n) is 6.80. The van der Waals surface area contributed by atoms with E-state index in [4.69, 9.17) is 0 Å². The Bertz CT molecular complexity index is 496. The SMILES string of the molecule is C[C@@]12CCC(=O)[C@H]1[C@@H]1CC[C@H]3CC(=O)CC[C@]3(C)[C@H]1CC2. The number of rotatable bonds is 0. The van der Waals surface area contributed by atoms with Crippen molar-refractivity contribution in [1.82, 2.24) is 0 Å². The zero-order chi connectivity index (χ0) is 14.8. The summed E-state index contributed by atoms with van der Waals surface area (Å²) in [4.78, 5) is 24.4. The van der Waals surface area contributed by atoms with E-state index < -0.39 is 0 Å². The van der Waals surface area contributed by atoms with Gasteiger partial charge in [0.1, 0.15) is 11.6 Å². The van der Waals surface area contributed by atoms with Gasteiger partial charge in [-0.1, -0.05) is 13.8 Å². The first-order valence-corrected chi connectivity index (χ1v) is 8.98. The van der Waals surface area contributed by atoms with E-state index in [9.17, 15) is 9.59 Å². The van der Waals surface area contributed by atoms with Crippen LogP contribution in [0.2, 0.25) is 0 Å². The van der Waals surface area contributed by atoms with Crippen LogP contribution in [-0.2, 0) is 9.59 Å². The molecule has 6 atom stereocenters. The van der Waals surface area contributed by atoms with Gasteiger partial charge in [-0.15, -0.1) is 0 Å². The summed E-state index contributed by atoms with van der Waals surface area (Å²) < 4.78 is 0. The molecule has 0 amide bonds. The van der Waals surface area contributed by atoms with Crippen LogP contribution in [0.1, 0.15) is 71.6 Å². The highest BCUT2D eigenvalue weighted by Gasteiger charge is 2.60. The van der Waals surface area contributed by atoms with Gasteiger partial charge >= 0.3 is 0 Å². The zero-order valence-electron chi connectivity index (χ0n) is 13.5. The van der Waals surface area contributed by atoms with Crippen molar-refractivity contribution in [2.45, 2.75) is 71.6 Å². The van der Waals surface area contributed by atoms with Gasteiger partial charge in [0.05, 0.1) is 0 Å². The zero-order valence-corrected chi connectivity index (χ0v) is 13.5. The predicted molar refractivity (Wildman–Crippen MR) is 81.7 cm³/mol. The van der Waals surface area contributed by atoms with Gasteiger partial charge in [0, 0.05) is 25.2 Å². The average molecular weight is 288 g/mol. The average Bonchev–Trinajstić information content (AvgIpc) is 2.76. The van der Waals surface area contributed by atoms with Crippen molar-refractivity contribution in [2.24, 2.45) is 34.5 Å². The number of carbonyl (C=O) groups excluding carboxylic acids is 2. The molecular formula is C19H28O2. The molecule has 0 aromatic rings. The van der Waals surface area contributed by atoms with Crippen molar-refractivity contribution in [3.05, 3.63) is 0 Å². The van der Waals surface area contributed by atoms with Crippen molar-refractivity contribution in [3.63, 3.8) is 0 Å². The van der Waals surface area contributed by atoms with Crippen molar-refractivity contribution in [2.75, 3.05) is 0 Å². The summed E-state index contributed by atoms with van der Waals surface area (Å²) in [7, 11) is 0. The minimum atomic E-state index is 0.298. The maximum atomic E-state index is 12.5. The number of hydrogen-bond donors (Lipinski definition) is 0. The first-order valence-electron chi connectivity index (χ1n) is 8.98. The van der Waals surface area contributed by atoms with Crippen LogP contribution < -0.4 is 0 Å². The first-order chi connectivity index (χ1) is 9.94. The lowest BCUT2D eigenvalue weighted by molar-refractivity contribution is -0.145. The van der Waals surface area contributed by atoms with Crippen LogP contribution in [0.15, 0.2) is 0 Å². The van der Waals surface area contributed by atoms with Crippen LogP contribution in [-0.4, -0.2) is 11.6 Å². The van der Waals surface area contributed by atoms with E-state index in [1.807, 2.05) is 0 Å². The monoisotopic (exact) mass is 288 g/mol. The molecule has 4 rings (SSSR count). The van der Waals surface area contributed by atoms with E-state index in [1.54, 1.807) is 0 Å². The largest absolute Gasteiger partial charge is 0.300 e. The second-order valence-electron chi connectivity index (χ2n) is 8.93. The molecule has 2 nitrogen and oxygen atoms in total. The second-order valence-corrected chi connectivity index (χ2v) is 8.93. The van der Waals surface area contributed by atoms with Gasteiger partial charge in [-0.3, -0.25) is 9.59 Å². The van der Waals surface area contributed by atoms with E-state index in [0.29, 0.717) is 46.1 Å². The van der Waals surface area contributed by atoms with Gasteiger partial charge < -0.3 is 0 Å². The Morgan fingerprint density at radius 3 is 2.57 bits per heavy atom. The predicted octanol–water partition coefficient (Wildman–Crippen LogP) is 4.17. The second kappa shape index (κ2) is 4.43. The van der Waals surface area contributed by atoms with Crippen LogP contribution >= 0.6 is 0 Å². The van der Waals surface area contributed by atoms with Crippen LogP contribution in [0.25, 0.3) is 0 Å². The van der Waals surface area contributed by atoms with Gasteiger partial charge in [-0.2, -0.15) is 0 Å². The molecule has 4 aliphatic carbocycles. The summed E-state index contributed by atoms with van der Waals surface area (Å²) in [5, 5.41) is 0. The molecule has 21 heavy (non-hydrogen) atoms. The Balaban J connectivity index is 1.67. The molecule has 4 fully saturated rings. The fraction of sp³-hybridized carbons (Fsp3) is 0.895. The van der Waals surface area contributed by atoms with Crippen molar-refractivity contribution < 1.29 is 9.59 Å². The fourth-order valence-corrected chi connectivity index (χ4v) is 6.80. The Labute approximate surface area is 128 Å². The van der Waals surface area contributed by atoms with Crippen LogP contribution in [0.3, 0.4) is 0 Å². The molecular weight excluding hydrogens is 260 g/mol. The number of carbonyl (C=O) groups is 2. The molecule has 0 spiro atoms. The van der Waals surface area contributed by atoms with Crippen molar-refractivity contribution >= 4 is 11.6 Å². The highest BCUT2D eigenvalue weighted by atomic mass is 16.1. The summed E-state index contributed by atoms with van der Waals surface area (Å²) in [6, 6.07) is 0. The third-order valence-electron chi connectivity index (χ3n) is 8.06. The van der Waals surface area contributed by atoms with E-state index in [1.165, 1.54) is 25.7 Å². The highest BCUT2D eigenvalue weighted by Crippen LogP contribution is 2.65. The molecule has 116 valence electrons. The maximum absolute atomic E-state index is 12.5. The Morgan fingerprint density at radius 2 is 1.76 bits per heavy atom. The van der Waals surface area contributed by atoms with E-state index in [-0.39, 0.29) is 0 Å². The lowest BCUT2D eigenvalue weighted by Crippen LogP contribution is -2.53. The minimum absolute atomic E-state index is 0.298. The van der Waals surface area contributed by atoms with Crippen LogP contribution in [0, 0.1) is 34.5 Å². The third-order valence-corrected chi connectivity index (χ3v) is 8.06. The Kier molecular flexibility index (Phi) is 2.94. The summed E-state index contributed by atoms with van der Waals surface area (Å²) in [5.41, 5.74) is 0.632. The molecule has 0 radical (unpaired) electrons. The number of hydrogen-bond acceptors (Lipinski definition) is 2. The Morgan fingerprint density at radius 1 is 0.952 bits per heavy atom. The van der Waals surface area contributed by atoms with Crippen LogP contribution in [0.4, 0.5) is 0 Å². The highest BCUT2D eigenvalue weighted by molar-refractivity contribution is 5.85. The van der Waals surface area contributed by atoms with Gasteiger partial charge in [-0.25, -0.2) is 0 Å².